The third kappa shape index (κ3) is 32.6. The number of ether oxygens (including phenoxy) is 11. The van der Waals surface area contributed by atoms with Gasteiger partial charge in [0.05, 0.1) is 164 Å². The molecular formula is C47H74BN7O19. The first kappa shape index (κ1) is 64.5. The van der Waals surface area contributed by atoms with Crippen LogP contribution in [-0.2, 0) is 94.1 Å². The molecule has 1 heterocycles. The number of hydrazine groups is 1. The molecule has 1 atom stereocenters. The zero-order chi connectivity index (χ0) is 54.2. The number of nitrogens with zero attached hydrogens (tertiary/aromatic N) is 2. The van der Waals surface area contributed by atoms with E-state index < -0.39 is 54.0 Å². The lowest BCUT2D eigenvalue weighted by Gasteiger charge is -2.22. The van der Waals surface area contributed by atoms with Crippen molar-refractivity contribution in [2.45, 2.75) is 45.9 Å². The van der Waals surface area contributed by atoms with Crippen LogP contribution in [0.4, 0.5) is 10.5 Å². The number of nitrogens with one attached hydrogen (secondary N) is 3. The number of hydrogen-bond donors (Lipinski definition) is 6. The van der Waals surface area contributed by atoms with Gasteiger partial charge < -0.3 is 83.9 Å². The van der Waals surface area contributed by atoms with E-state index in [0.29, 0.717) is 128 Å². The molecule has 2 radical (unpaired) electrons. The van der Waals surface area contributed by atoms with Gasteiger partial charge >= 0.3 is 5.97 Å². The first-order chi connectivity index (χ1) is 35.7. The van der Waals surface area contributed by atoms with Gasteiger partial charge in [-0.1, -0.05) is 19.9 Å². The molecule has 1 aromatic rings. The van der Waals surface area contributed by atoms with Gasteiger partial charge in [0.15, 0.2) is 0 Å². The lowest BCUT2D eigenvalue weighted by molar-refractivity contribution is -0.139. The molecule has 1 aliphatic heterocycles. The normalized spacial score (nSPS) is 12.9. The standard InChI is InChI=1S/C47H74BN7O19/c1-35(2)45(53-40(56)7-11-64-14-10-55-42(58)5-6-43(55)59)46(62)51-30-41(57)52-39-4-3-36(33-74-47(48)63)37(29-39)32-73-34-38(49)31-54(50)9-13-66-16-18-68-20-22-70-24-26-72-28-27-71-25-23-69-21-19-67-17-15-65-12-8-44(60)61/h3-6,29,31,35,45H,7-28,30,32-34,49-50H2,1-2H3,(H,51,62)(H,52,57)(H,53,56)(H,60,61)/b38-31-. The van der Waals surface area contributed by atoms with Crippen LogP contribution in [0.2, 0.25) is 0 Å². The largest absolute Gasteiger partial charge is 0.481 e. The maximum absolute atomic E-state index is 13.0. The Morgan fingerprint density at radius 3 is 1.69 bits per heavy atom. The van der Waals surface area contributed by atoms with Crippen molar-refractivity contribution < 1.29 is 90.8 Å². The Hall–Kier alpha value is -5.59. The second-order valence-electron chi connectivity index (χ2n) is 16.1. The van der Waals surface area contributed by atoms with Gasteiger partial charge in [-0.3, -0.25) is 38.5 Å². The topological polar surface area (TPSA) is 336 Å². The summed E-state index contributed by atoms with van der Waals surface area (Å²) in [6, 6.07) is 3.84. The van der Waals surface area contributed by atoms with Crippen LogP contribution in [0.3, 0.4) is 0 Å². The summed E-state index contributed by atoms with van der Waals surface area (Å²) < 4.78 is 59.5. The lowest BCUT2D eigenvalue weighted by Crippen LogP contribution is -2.51. The third-order valence-electron chi connectivity index (χ3n) is 9.80. The van der Waals surface area contributed by atoms with Gasteiger partial charge in [0, 0.05) is 30.5 Å². The maximum Gasteiger partial charge on any atom is 0.305 e. The third-order valence-corrected chi connectivity index (χ3v) is 9.80. The Morgan fingerprint density at radius 2 is 1.18 bits per heavy atom. The van der Waals surface area contributed by atoms with E-state index in [1.165, 1.54) is 23.4 Å². The van der Waals surface area contributed by atoms with Crippen LogP contribution in [0.15, 0.2) is 42.2 Å². The quantitative estimate of drug-likeness (QED) is 0.0152. The van der Waals surface area contributed by atoms with E-state index in [2.05, 4.69) is 16.0 Å². The number of benzene rings is 1. The second-order valence-corrected chi connectivity index (χ2v) is 16.1. The summed E-state index contributed by atoms with van der Waals surface area (Å²) in [6.07, 6.45) is 3.72. The van der Waals surface area contributed by atoms with Crippen LogP contribution >= 0.6 is 0 Å². The van der Waals surface area contributed by atoms with Crippen LogP contribution in [0.1, 0.15) is 37.8 Å². The summed E-state index contributed by atoms with van der Waals surface area (Å²) in [5.74, 6) is 1.38. The van der Waals surface area contributed by atoms with E-state index in [0.717, 1.165) is 4.90 Å². The zero-order valence-electron chi connectivity index (χ0n) is 42.4. The molecule has 1 aliphatic rings. The molecule has 27 heteroatoms. The molecule has 26 nitrogen and oxygen atoms in total. The van der Waals surface area contributed by atoms with Crippen molar-refractivity contribution in [3.63, 3.8) is 0 Å². The number of aliphatic carboxylic acids is 1. The highest BCUT2D eigenvalue weighted by molar-refractivity contribution is 6.55. The highest BCUT2D eigenvalue weighted by Crippen LogP contribution is 2.19. The summed E-state index contributed by atoms with van der Waals surface area (Å²) in [5, 5.41) is 17.8. The predicted octanol–water partition coefficient (Wildman–Crippen LogP) is -0.881. The molecule has 0 aliphatic carbocycles. The molecule has 0 spiro atoms. The van der Waals surface area contributed by atoms with Crippen molar-refractivity contribution in [2.75, 3.05) is 150 Å². The number of hydrogen-bond acceptors (Lipinski definition) is 21. The van der Waals surface area contributed by atoms with E-state index in [-0.39, 0.29) is 64.9 Å². The summed E-state index contributed by atoms with van der Waals surface area (Å²) in [4.78, 5) is 84.5. The number of amides is 5. The lowest BCUT2D eigenvalue weighted by atomic mass is 10.0. The van der Waals surface area contributed by atoms with Crippen molar-refractivity contribution in [1.29, 1.82) is 0 Å². The Morgan fingerprint density at radius 1 is 0.676 bits per heavy atom. The fourth-order valence-electron chi connectivity index (χ4n) is 6.03. The SMILES string of the molecule is [B]C(=O)OCc1ccc(NC(=O)CNC(=O)C(NC(=O)CCOCCN2C(=O)C=CC2=O)C(C)C)cc1COC/C(N)=C/N(N)CCOCCOCCOCCOCCOCCOCCOCCOCCC(=O)O. The number of carbonyl (C=O) groups is 7. The smallest absolute Gasteiger partial charge is 0.305 e. The number of carbonyl (C=O) groups excluding carboxylic acids is 6. The number of rotatable bonds is 46. The molecule has 74 heavy (non-hydrogen) atoms. The summed E-state index contributed by atoms with van der Waals surface area (Å²) in [6.45, 7) is 9.27. The number of nitrogens with two attached hydrogens (primary N) is 2. The molecule has 0 saturated carbocycles. The van der Waals surface area contributed by atoms with Crippen LogP contribution in [0.5, 0.6) is 0 Å². The van der Waals surface area contributed by atoms with Crippen molar-refractivity contribution in [2.24, 2.45) is 17.5 Å². The zero-order valence-corrected chi connectivity index (χ0v) is 42.4. The summed E-state index contributed by atoms with van der Waals surface area (Å²) >= 11 is 0. The van der Waals surface area contributed by atoms with Crippen LogP contribution < -0.4 is 27.5 Å². The number of carboxylic acids is 1. The Labute approximate surface area is 432 Å². The minimum Gasteiger partial charge on any atom is -0.481 e. The molecule has 0 bridgehead atoms. The average Bonchev–Trinajstić information content (AvgIpc) is 3.67. The minimum absolute atomic E-state index is 0.00703. The van der Waals surface area contributed by atoms with Crippen molar-refractivity contribution >= 4 is 54.9 Å². The summed E-state index contributed by atoms with van der Waals surface area (Å²) in [5.41, 5.74) is 7.87. The Bertz CT molecular complexity index is 1880. The first-order valence-electron chi connectivity index (χ1n) is 24.1. The van der Waals surface area contributed by atoms with E-state index in [9.17, 15) is 33.6 Å². The van der Waals surface area contributed by atoms with Gasteiger partial charge in [-0.25, -0.2) is 5.84 Å². The molecule has 0 aromatic heterocycles. The van der Waals surface area contributed by atoms with Gasteiger partial charge in [0.2, 0.25) is 31.4 Å². The fraction of sp³-hybridized carbons (Fsp3) is 0.638. The molecular weight excluding hydrogens is 977 g/mol. The predicted molar refractivity (Wildman–Crippen MR) is 264 cm³/mol. The van der Waals surface area contributed by atoms with E-state index >= 15 is 0 Å². The van der Waals surface area contributed by atoms with Crippen LogP contribution in [0, 0.1) is 5.92 Å². The number of carboxylic acid groups (broad SMARTS) is 1. The molecule has 2 rings (SSSR count). The van der Waals surface area contributed by atoms with Crippen molar-refractivity contribution in [3.8, 4) is 0 Å². The first-order valence-corrected chi connectivity index (χ1v) is 24.1. The van der Waals surface area contributed by atoms with E-state index in [4.69, 9.17) is 76.6 Å². The van der Waals surface area contributed by atoms with Gasteiger partial charge in [0.1, 0.15) is 12.6 Å². The maximum atomic E-state index is 13.0. The highest BCUT2D eigenvalue weighted by Gasteiger charge is 2.25. The monoisotopic (exact) mass is 1050 g/mol. The Kier molecular flexibility index (Phi) is 35.5. The molecule has 1 aromatic carbocycles. The molecule has 1 unspecified atom stereocenters. The second kappa shape index (κ2) is 40.8. The van der Waals surface area contributed by atoms with Crippen molar-refractivity contribution in [3.05, 3.63) is 53.4 Å². The molecule has 0 saturated heterocycles. The number of anilines is 1. The number of imide groups is 1. The van der Waals surface area contributed by atoms with Crippen LogP contribution in [-0.4, -0.2) is 215 Å². The van der Waals surface area contributed by atoms with Gasteiger partial charge in [-0.2, -0.15) is 0 Å². The van der Waals surface area contributed by atoms with Crippen LogP contribution in [0.25, 0.3) is 0 Å². The highest BCUT2D eigenvalue weighted by atomic mass is 16.6. The van der Waals surface area contributed by atoms with E-state index in [1.807, 2.05) is 0 Å². The molecule has 0 fully saturated rings. The fourth-order valence-corrected chi connectivity index (χ4v) is 6.03. The summed E-state index contributed by atoms with van der Waals surface area (Å²) in [7, 11) is 5.17. The van der Waals surface area contributed by atoms with Gasteiger partial charge in [0.25, 0.3) is 11.8 Å². The van der Waals surface area contributed by atoms with Gasteiger partial charge in [-0.15, -0.1) is 0 Å². The molecule has 5 amide bonds. The average molecular weight is 1050 g/mol. The van der Waals surface area contributed by atoms with Crippen molar-refractivity contribution in [1.82, 2.24) is 20.5 Å². The molecule has 414 valence electrons. The Balaban J connectivity index is 1.56. The molecule has 8 N–H and O–H groups in total. The van der Waals surface area contributed by atoms with Gasteiger partial charge in [-0.05, 0) is 29.2 Å². The van der Waals surface area contributed by atoms with E-state index in [1.54, 1.807) is 32.0 Å². The minimum atomic E-state index is -0.982.